The highest BCUT2D eigenvalue weighted by Gasteiger charge is 2.30. The van der Waals surface area contributed by atoms with Crippen molar-refractivity contribution >= 4 is 23.3 Å². The number of halogens is 1. The fourth-order valence-corrected chi connectivity index (χ4v) is 3.93. The predicted molar refractivity (Wildman–Crippen MR) is 110 cm³/mol. The fourth-order valence-electron chi connectivity index (χ4n) is 3.68. The summed E-state index contributed by atoms with van der Waals surface area (Å²) in [6.07, 6.45) is 2.66. The molecule has 0 atom stereocenters. The molecule has 1 aliphatic heterocycles. The number of ether oxygens (including phenoxy) is 1. The van der Waals surface area contributed by atoms with Crippen molar-refractivity contribution in [3.8, 4) is 11.4 Å². The lowest BCUT2D eigenvalue weighted by atomic mass is 9.88. The quantitative estimate of drug-likeness (QED) is 0.583. The lowest BCUT2D eigenvalue weighted by Crippen LogP contribution is -2.40. The van der Waals surface area contributed by atoms with Gasteiger partial charge in [-0.25, -0.2) is 0 Å². The van der Waals surface area contributed by atoms with Gasteiger partial charge in [-0.2, -0.15) is 4.68 Å². The van der Waals surface area contributed by atoms with Crippen molar-refractivity contribution < 1.29 is 14.3 Å². The summed E-state index contributed by atoms with van der Waals surface area (Å²) in [6, 6.07) is 12.5. The summed E-state index contributed by atoms with van der Waals surface area (Å²) < 4.78 is 6.83. The summed E-state index contributed by atoms with van der Waals surface area (Å²) in [4.78, 5) is 27.5. The zero-order valence-corrected chi connectivity index (χ0v) is 17.1. The number of aromatic nitrogens is 4. The van der Waals surface area contributed by atoms with Crippen LogP contribution in [0.15, 0.2) is 48.8 Å². The van der Waals surface area contributed by atoms with E-state index in [1.807, 2.05) is 30.3 Å². The number of methoxy groups -OCH3 is 1. The number of nitrogens with zero attached hydrogens (tertiary/aromatic N) is 5. The molecule has 30 heavy (non-hydrogen) atoms. The van der Waals surface area contributed by atoms with Gasteiger partial charge in [-0.3, -0.25) is 9.59 Å². The highest BCUT2D eigenvalue weighted by Crippen LogP contribution is 2.31. The number of likely N-dealkylation sites (tertiary alicyclic amines) is 1. The molecule has 4 rings (SSSR count). The Balaban J connectivity index is 1.49. The van der Waals surface area contributed by atoms with Gasteiger partial charge in [-0.15, -0.1) is 5.10 Å². The number of carbonyl (C=O) groups is 2. The van der Waals surface area contributed by atoms with E-state index in [0.717, 1.165) is 0 Å². The number of Topliss-reactive ketones (excluding diaryl/α,β-unsaturated/α-hetero) is 1. The molecule has 0 saturated carbocycles. The average molecular weight is 426 g/mol. The second kappa shape index (κ2) is 8.62. The Kier molecular flexibility index (Phi) is 5.76. The van der Waals surface area contributed by atoms with Gasteiger partial charge in [0.1, 0.15) is 12.1 Å². The first-order valence-electron chi connectivity index (χ1n) is 9.58. The number of tetrazole rings is 1. The second-order valence-electron chi connectivity index (χ2n) is 7.06. The summed E-state index contributed by atoms with van der Waals surface area (Å²) in [5.74, 6) is 0.262. The monoisotopic (exact) mass is 425 g/mol. The van der Waals surface area contributed by atoms with Crippen molar-refractivity contribution in [3.05, 3.63) is 64.9 Å². The minimum absolute atomic E-state index is 0.0795. The van der Waals surface area contributed by atoms with Crippen LogP contribution in [-0.2, 0) is 0 Å². The SMILES string of the molecule is COc1cc(-n2cnnn2)c(Cl)cc1C(=O)N1CCC(C(=O)c2ccccc2)CC1. The predicted octanol–water partition coefficient (Wildman–Crippen LogP) is 3.06. The van der Waals surface area contributed by atoms with Crippen LogP contribution in [-0.4, -0.2) is 57.0 Å². The third kappa shape index (κ3) is 3.91. The van der Waals surface area contributed by atoms with E-state index < -0.39 is 0 Å². The van der Waals surface area contributed by atoms with Gasteiger partial charge >= 0.3 is 0 Å². The number of benzene rings is 2. The van der Waals surface area contributed by atoms with Crippen LogP contribution in [0.5, 0.6) is 5.75 Å². The van der Waals surface area contributed by atoms with Crippen molar-refractivity contribution in [2.75, 3.05) is 20.2 Å². The smallest absolute Gasteiger partial charge is 0.257 e. The molecule has 1 aromatic heterocycles. The molecule has 2 aromatic carbocycles. The molecule has 0 unspecified atom stereocenters. The summed E-state index contributed by atoms with van der Waals surface area (Å²) in [5.41, 5.74) is 1.60. The lowest BCUT2D eigenvalue weighted by Gasteiger charge is -2.31. The van der Waals surface area contributed by atoms with E-state index in [-0.39, 0.29) is 17.6 Å². The molecule has 2 heterocycles. The molecular weight excluding hydrogens is 406 g/mol. The molecule has 1 amide bonds. The standard InChI is InChI=1S/C21H20ClN5O3/c1-30-19-12-18(27-13-23-24-25-27)17(22)11-16(19)21(29)26-9-7-15(8-10-26)20(28)14-5-3-2-4-6-14/h2-6,11-13,15H,7-10H2,1H3. The van der Waals surface area contributed by atoms with E-state index in [1.165, 1.54) is 18.1 Å². The van der Waals surface area contributed by atoms with Crippen LogP contribution in [0, 0.1) is 5.92 Å². The number of amides is 1. The maximum Gasteiger partial charge on any atom is 0.257 e. The first-order valence-corrected chi connectivity index (χ1v) is 9.95. The van der Waals surface area contributed by atoms with E-state index in [1.54, 1.807) is 17.0 Å². The molecule has 1 fully saturated rings. The summed E-state index contributed by atoms with van der Waals surface area (Å²) >= 11 is 6.38. The van der Waals surface area contributed by atoms with Gasteiger partial charge < -0.3 is 9.64 Å². The van der Waals surface area contributed by atoms with Crippen LogP contribution in [0.25, 0.3) is 5.69 Å². The normalized spacial score (nSPS) is 14.5. The summed E-state index contributed by atoms with van der Waals surface area (Å²) in [6.45, 7) is 0.995. The molecule has 154 valence electrons. The van der Waals surface area contributed by atoms with E-state index in [0.29, 0.717) is 53.5 Å². The van der Waals surface area contributed by atoms with E-state index >= 15 is 0 Å². The lowest BCUT2D eigenvalue weighted by molar-refractivity contribution is 0.0647. The highest BCUT2D eigenvalue weighted by atomic mass is 35.5. The average Bonchev–Trinajstić information content (AvgIpc) is 3.33. The van der Waals surface area contributed by atoms with Gasteiger partial charge in [0.25, 0.3) is 5.91 Å². The number of rotatable bonds is 5. The third-order valence-electron chi connectivity index (χ3n) is 5.31. The number of carbonyl (C=O) groups excluding carboxylic acids is 2. The molecule has 8 nitrogen and oxygen atoms in total. The van der Waals surface area contributed by atoms with Gasteiger partial charge in [0.2, 0.25) is 0 Å². The number of hydrogen-bond acceptors (Lipinski definition) is 6. The maximum absolute atomic E-state index is 13.1. The van der Waals surface area contributed by atoms with Crippen molar-refractivity contribution in [2.45, 2.75) is 12.8 Å². The Labute approximate surface area is 178 Å². The van der Waals surface area contributed by atoms with Crippen LogP contribution < -0.4 is 4.74 Å². The summed E-state index contributed by atoms with van der Waals surface area (Å²) in [5, 5.41) is 11.4. The molecule has 0 bridgehead atoms. The van der Waals surface area contributed by atoms with Gasteiger partial charge in [0.15, 0.2) is 5.78 Å². The third-order valence-corrected chi connectivity index (χ3v) is 5.61. The zero-order chi connectivity index (χ0) is 21.1. The maximum atomic E-state index is 13.1. The second-order valence-corrected chi connectivity index (χ2v) is 7.46. The Morgan fingerprint density at radius 3 is 2.50 bits per heavy atom. The van der Waals surface area contributed by atoms with Gasteiger partial charge in [-0.05, 0) is 29.3 Å². The molecule has 3 aromatic rings. The molecule has 0 radical (unpaired) electrons. The largest absolute Gasteiger partial charge is 0.496 e. The molecule has 1 aliphatic rings. The Morgan fingerprint density at radius 2 is 1.87 bits per heavy atom. The first kappa shape index (κ1) is 20.0. The Morgan fingerprint density at radius 1 is 1.13 bits per heavy atom. The van der Waals surface area contributed by atoms with Crippen molar-refractivity contribution in [1.29, 1.82) is 0 Å². The summed E-state index contributed by atoms with van der Waals surface area (Å²) in [7, 11) is 1.49. The van der Waals surface area contributed by atoms with Gasteiger partial charge in [0, 0.05) is 30.6 Å². The fraction of sp³-hybridized carbons (Fsp3) is 0.286. The van der Waals surface area contributed by atoms with Crippen LogP contribution >= 0.6 is 11.6 Å². The number of piperidine rings is 1. The topological polar surface area (TPSA) is 90.2 Å². The van der Waals surface area contributed by atoms with Crippen LogP contribution in [0.1, 0.15) is 33.6 Å². The van der Waals surface area contributed by atoms with Gasteiger partial charge in [0.05, 0.1) is 23.4 Å². The molecule has 0 aliphatic carbocycles. The number of hydrogen-bond donors (Lipinski definition) is 0. The zero-order valence-electron chi connectivity index (χ0n) is 16.4. The minimum atomic E-state index is -0.178. The van der Waals surface area contributed by atoms with Crippen LogP contribution in [0.3, 0.4) is 0 Å². The van der Waals surface area contributed by atoms with Gasteiger partial charge in [-0.1, -0.05) is 41.9 Å². The van der Waals surface area contributed by atoms with Crippen molar-refractivity contribution in [3.63, 3.8) is 0 Å². The molecular formula is C21H20ClN5O3. The van der Waals surface area contributed by atoms with Crippen LogP contribution in [0.2, 0.25) is 5.02 Å². The van der Waals surface area contributed by atoms with E-state index in [4.69, 9.17) is 16.3 Å². The Bertz CT molecular complexity index is 1050. The van der Waals surface area contributed by atoms with Crippen molar-refractivity contribution in [1.82, 2.24) is 25.1 Å². The highest BCUT2D eigenvalue weighted by molar-refractivity contribution is 6.33. The van der Waals surface area contributed by atoms with Crippen molar-refractivity contribution in [2.24, 2.45) is 5.92 Å². The first-order chi connectivity index (χ1) is 14.6. The molecule has 0 spiro atoms. The molecule has 9 heteroatoms. The van der Waals surface area contributed by atoms with Crippen LogP contribution in [0.4, 0.5) is 0 Å². The molecule has 0 N–H and O–H groups in total. The number of ketones is 1. The van der Waals surface area contributed by atoms with E-state index in [9.17, 15) is 9.59 Å². The molecule has 1 saturated heterocycles. The minimum Gasteiger partial charge on any atom is -0.496 e. The van der Waals surface area contributed by atoms with E-state index in [2.05, 4.69) is 15.5 Å². The Hall–Kier alpha value is -3.26.